The average molecular weight is 435 g/mol. The first-order chi connectivity index (χ1) is 13.9. The second kappa shape index (κ2) is 9.73. The minimum absolute atomic E-state index is 0.139. The van der Waals surface area contributed by atoms with Crippen molar-refractivity contribution in [3.8, 4) is 0 Å². The summed E-state index contributed by atoms with van der Waals surface area (Å²) >= 11 is 7.55. The van der Waals surface area contributed by atoms with Gasteiger partial charge in [0.25, 0.3) is 5.56 Å². The Labute approximate surface area is 180 Å². The predicted molar refractivity (Wildman–Crippen MR) is 118 cm³/mol. The van der Waals surface area contributed by atoms with E-state index in [0.717, 1.165) is 36.8 Å². The lowest BCUT2D eigenvalue weighted by molar-refractivity contribution is 0.270. The van der Waals surface area contributed by atoms with Crippen molar-refractivity contribution < 1.29 is 0 Å². The summed E-state index contributed by atoms with van der Waals surface area (Å²) in [6, 6.07) is 5.27. The molecular weight excluding hydrogens is 408 g/mol. The molecule has 9 heteroatoms. The van der Waals surface area contributed by atoms with E-state index in [0.29, 0.717) is 22.1 Å². The third-order valence-electron chi connectivity index (χ3n) is 4.81. The number of unbranched alkanes of at least 4 members (excludes halogenated alkanes) is 1. The van der Waals surface area contributed by atoms with Crippen LogP contribution in [0.5, 0.6) is 0 Å². The van der Waals surface area contributed by atoms with Crippen LogP contribution in [-0.4, -0.2) is 43.1 Å². The number of pyridine rings is 1. The number of aromatic nitrogens is 5. The van der Waals surface area contributed by atoms with Crippen LogP contribution in [-0.2, 0) is 12.3 Å². The zero-order valence-corrected chi connectivity index (χ0v) is 18.9. The van der Waals surface area contributed by atoms with E-state index < -0.39 is 0 Å². The topological polar surface area (TPSA) is 68.3 Å². The fourth-order valence-corrected chi connectivity index (χ4v) is 4.32. The molecule has 1 unspecified atom stereocenters. The zero-order valence-electron chi connectivity index (χ0n) is 17.3. The first-order valence-electron chi connectivity index (χ1n) is 9.84. The van der Waals surface area contributed by atoms with Gasteiger partial charge in [-0.15, -0.1) is 10.2 Å². The minimum Gasteiger partial charge on any atom is -0.305 e. The van der Waals surface area contributed by atoms with Crippen LogP contribution in [0.4, 0.5) is 0 Å². The first-order valence-corrected chi connectivity index (χ1v) is 11.2. The Kier molecular flexibility index (Phi) is 7.32. The molecule has 0 fully saturated rings. The maximum absolute atomic E-state index is 12.4. The third-order valence-corrected chi connectivity index (χ3v) is 6.04. The van der Waals surface area contributed by atoms with E-state index in [4.69, 9.17) is 11.6 Å². The standard InChI is InChI=1S/C20H27ClN6OS/c1-5-7-10-26-19(16(6-2)25(3)4)23-24-20(26)29-13-15-11-18(28)27-12-14(21)8-9-17(27)22-15/h8-9,11-12,16H,5-7,10,13H2,1-4H3. The van der Waals surface area contributed by atoms with Crippen LogP contribution in [0.1, 0.15) is 50.7 Å². The van der Waals surface area contributed by atoms with Gasteiger partial charge in [-0.2, -0.15) is 0 Å². The van der Waals surface area contributed by atoms with E-state index in [1.165, 1.54) is 4.40 Å². The van der Waals surface area contributed by atoms with Gasteiger partial charge in [0.05, 0.1) is 16.8 Å². The van der Waals surface area contributed by atoms with Crippen molar-refractivity contribution in [2.75, 3.05) is 14.1 Å². The van der Waals surface area contributed by atoms with Crippen molar-refractivity contribution >= 4 is 29.0 Å². The van der Waals surface area contributed by atoms with Crippen molar-refractivity contribution in [2.24, 2.45) is 0 Å². The fraction of sp³-hybridized carbons (Fsp3) is 0.500. The van der Waals surface area contributed by atoms with E-state index >= 15 is 0 Å². The van der Waals surface area contributed by atoms with Gasteiger partial charge in [-0.3, -0.25) is 14.1 Å². The summed E-state index contributed by atoms with van der Waals surface area (Å²) < 4.78 is 3.68. The molecule has 0 aromatic carbocycles. The average Bonchev–Trinajstić information content (AvgIpc) is 3.08. The predicted octanol–water partition coefficient (Wildman–Crippen LogP) is 4.04. The highest BCUT2D eigenvalue weighted by Crippen LogP contribution is 2.27. The molecule has 0 amide bonds. The highest BCUT2D eigenvalue weighted by molar-refractivity contribution is 7.98. The molecule has 3 aromatic rings. The van der Waals surface area contributed by atoms with E-state index in [2.05, 4.69) is 52.6 Å². The molecule has 0 saturated carbocycles. The number of nitrogens with zero attached hydrogens (tertiary/aromatic N) is 6. The Bertz CT molecular complexity index is 1030. The van der Waals surface area contributed by atoms with E-state index in [1.54, 1.807) is 36.2 Å². The quantitative estimate of drug-likeness (QED) is 0.473. The van der Waals surface area contributed by atoms with Gasteiger partial charge in [0.2, 0.25) is 0 Å². The normalized spacial score (nSPS) is 12.8. The molecule has 0 N–H and O–H groups in total. The van der Waals surface area contributed by atoms with Gasteiger partial charge in [0.15, 0.2) is 11.0 Å². The Morgan fingerprint density at radius 3 is 2.72 bits per heavy atom. The van der Waals surface area contributed by atoms with Crippen LogP contribution in [0.3, 0.4) is 0 Å². The molecule has 29 heavy (non-hydrogen) atoms. The molecule has 0 spiro atoms. The molecule has 0 aliphatic heterocycles. The first kappa shape index (κ1) is 21.8. The molecule has 0 radical (unpaired) electrons. The summed E-state index contributed by atoms with van der Waals surface area (Å²) in [5.74, 6) is 1.55. The highest BCUT2D eigenvalue weighted by Gasteiger charge is 2.22. The lowest BCUT2D eigenvalue weighted by Gasteiger charge is -2.23. The van der Waals surface area contributed by atoms with Gasteiger partial charge in [-0.05, 0) is 39.1 Å². The van der Waals surface area contributed by atoms with Crippen molar-refractivity contribution in [1.29, 1.82) is 0 Å². The van der Waals surface area contributed by atoms with Crippen LogP contribution in [0.2, 0.25) is 5.02 Å². The Balaban J connectivity index is 1.86. The third kappa shape index (κ3) is 4.99. The number of halogens is 1. The Morgan fingerprint density at radius 1 is 1.24 bits per heavy atom. The van der Waals surface area contributed by atoms with Gasteiger partial charge in [0.1, 0.15) is 5.65 Å². The van der Waals surface area contributed by atoms with Crippen LogP contribution in [0, 0.1) is 0 Å². The number of hydrogen-bond acceptors (Lipinski definition) is 6. The summed E-state index contributed by atoms with van der Waals surface area (Å²) in [7, 11) is 4.14. The van der Waals surface area contributed by atoms with Gasteiger partial charge >= 0.3 is 0 Å². The van der Waals surface area contributed by atoms with Gasteiger partial charge in [-0.25, -0.2) is 4.98 Å². The van der Waals surface area contributed by atoms with Crippen molar-refractivity contribution in [1.82, 2.24) is 29.0 Å². The number of fused-ring (bicyclic) bond motifs is 1. The van der Waals surface area contributed by atoms with E-state index in [1.807, 2.05) is 0 Å². The minimum atomic E-state index is -0.139. The smallest absolute Gasteiger partial charge is 0.258 e. The lowest BCUT2D eigenvalue weighted by atomic mass is 10.2. The van der Waals surface area contributed by atoms with E-state index in [-0.39, 0.29) is 11.6 Å². The number of rotatable bonds is 9. The summed E-state index contributed by atoms with van der Waals surface area (Å²) in [4.78, 5) is 19.2. The SMILES string of the molecule is CCCCn1c(SCc2cc(=O)n3cc(Cl)ccc3n2)nnc1C(CC)N(C)C. The molecule has 0 aliphatic rings. The molecule has 0 bridgehead atoms. The van der Waals surface area contributed by atoms with Crippen molar-refractivity contribution in [2.45, 2.75) is 56.6 Å². The summed E-state index contributed by atoms with van der Waals surface area (Å²) in [5.41, 5.74) is 1.16. The van der Waals surface area contributed by atoms with Crippen LogP contribution in [0.25, 0.3) is 5.65 Å². The fourth-order valence-electron chi connectivity index (χ4n) is 3.30. The van der Waals surface area contributed by atoms with Crippen LogP contribution in [0.15, 0.2) is 34.3 Å². The lowest BCUT2D eigenvalue weighted by Crippen LogP contribution is -2.23. The molecular formula is C20H27ClN6OS. The van der Waals surface area contributed by atoms with Crippen LogP contribution < -0.4 is 5.56 Å². The second-order valence-electron chi connectivity index (χ2n) is 7.18. The molecule has 3 rings (SSSR count). The Morgan fingerprint density at radius 2 is 2.03 bits per heavy atom. The largest absolute Gasteiger partial charge is 0.305 e. The Hall–Kier alpha value is -1.90. The summed E-state index contributed by atoms with van der Waals surface area (Å²) in [6.45, 7) is 5.23. The maximum atomic E-state index is 12.4. The molecule has 1 atom stereocenters. The van der Waals surface area contributed by atoms with Gasteiger partial charge in [0, 0.05) is 24.6 Å². The van der Waals surface area contributed by atoms with E-state index in [9.17, 15) is 4.79 Å². The molecule has 7 nitrogen and oxygen atoms in total. The summed E-state index contributed by atoms with van der Waals surface area (Å²) in [6.07, 6.45) is 4.72. The molecule has 0 aliphatic carbocycles. The second-order valence-corrected chi connectivity index (χ2v) is 8.56. The number of thioether (sulfide) groups is 1. The maximum Gasteiger partial charge on any atom is 0.258 e. The van der Waals surface area contributed by atoms with Gasteiger partial charge < -0.3 is 4.57 Å². The molecule has 0 saturated heterocycles. The van der Waals surface area contributed by atoms with Crippen LogP contribution >= 0.6 is 23.4 Å². The monoisotopic (exact) mass is 434 g/mol. The number of hydrogen-bond donors (Lipinski definition) is 0. The highest BCUT2D eigenvalue weighted by atomic mass is 35.5. The van der Waals surface area contributed by atoms with Crippen molar-refractivity contribution in [3.63, 3.8) is 0 Å². The van der Waals surface area contributed by atoms with Crippen molar-refractivity contribution in [3.05, 3.63) is 51.3 Å². The summed E-state index contributed by atoms with van der Waals surface area (Å²) in [5, 5.41) is 10.3. The van der Waals surface area contributed by atoms with Gasteiger partial charge in [-0.1, -0.05) is 43.6 Å². The molecule has 3 aromatic heterocycles. The zero-order chi connectivity index (χ0) is 21.0. The molecule has 156 valence electrons. The molecule has 3 heterocycles.